The summed E-state index contributed by atoms with van der Waals surface area (Å²) >= 11 is 1.35. The number of aliphatic hydroxyl groups is 1. The monoisotopic (exact) mass is 283 g/mol. The molecule has 4 nitrogen and oxygen atoms in total. The smallest absolute Gasteiger partial charge is 0.265 e. The fourth-order valence-corrected chi connectivity index (χ4v) is 3.29. The minimum atomic E-state index is -0.739. The Kier molecular flexibility index (Phi) is 4.82. The van der Waals surface area contributed by atoms with Crippen LogP contribution in [0.3, 0.4) is 0 Å². The molecule has 2 N–H and O–H groups in total. The third-order valence-corrected chi connectivity index (χ3v) is 4.56. The van der Waals surface area contributed by atoms with E-state index in [9.17, 15) is 9.90 Å². The second-order valence-corrected chi connectivity index (χ2v) is 6.06. The van der Waals surface area contributed by atoms with Gasteiger partial charge in [-0.1, -0.05) is 25.7 Å². The van der Waals surface area contributed by atoms with Crippen molar-refractivity contribution in [2.75, 3.05) is 13.7 Å². The van der Waals surface area contributed by atoms with Crippen LogP contribution in [0.2, 0.25) is 0 Å². The number of hydrogen-bond acceptors (Lipinski definition) is 4. The molecule has 1 aromatic heterocycles. The second kappa shape index (κ2) is 6.39. The normalized spacial score (nSPS) is 18.6. The molecule has 1 amide bonds. The molecule has 0 atom stereocenters. The van der Waals surface area contributed by atoms with E-state index < -0.39 is 5.60 Å². The molecule has 0 unspecified atom stereocenters. The van der Waals surface area contributed by atoms with Crippen molar-refractivity contribution in [3.8, 4) is 5.75 Å². The predicted octanol–water partition coefficient (Wildman–Crippen LogP) is 2.57. The number of methoxy groups -OCH3 is 1. The van der Waals surface area contributed by atoms with E-state index in [4.69, 9.17) is 4.74 Å². The molecule has 1 aliphatic rings. The highest BCUT2D eigenvalue weighted by molar-refractivity contribution is 7.12. The highest BCUT2D eigenvalue weighted by atomic mass is 32.1. The fourth-order valence-electron chi connectivity index (χ4n) is 2.51. The lowest BCUT2D eigenvalue weighted by Crippen LogP contribution is -2.42. The highest BCUT2D eigenvalue weighted by Crippen LogP contribution is 2.27. The Bertz CT molecular complexity index is 422. The third-order valence-electron chi connectivity index (χ3n) is 3.67. The molecule has 0 aromatic carbocycles. The van der Waals surface area contributed by atoms with E-state index in [0.717, 1.165) is 25.7 Å². The summed E-state index contributed by atoms with van der Waals surface area (Å²) < 4.78 is 5.13. The minimum Gasteiger partial charge on any atom is -0.495 e. The van der Waals surface area contributed by atoms with Crippen molar-refractivity contribution < 1.29 is 14.6 Å². The SMILES string of the molecule is COc1ccsc1C(=O)NCC1(O)CCCCCC1. The van der Waals surface area contributed by atoms with Gasteiger partial charge in [-0.05, 0) is 24.3 Å². The van der Waals surface area contributed by atoms with Crippen molar-refractivity contribution >= 4 is 17.2 Å². The van der Waals surface area contributed by atoms with Crippen molar-refractivity contribution in [1.82, 2.24) is 5.32 Å². The molecule has 0 aliphatic heterocycles. The van der Waals surface area contributed by atoms with Gasteiger partial charge in [-0.2, -0.15) is 0 Å². The Morgan fingerprint density at radius 2 is 2.11 bits per heavy atom. The van der Waals surface area contributed by atoms with Crippen LogP contribution in [0, 0.1) is 0 Å². The molecule has 1 heterocycles. The average molecular weight is 283 g/mol. The number of amides is 1. The van der Waals surface area contributed by atoms with E-state index in [1.165, 1.54) is 24.2 Å². The molecule has 106 valence electrons. The first-order valence-corrected chi connectivity index (χ1v) is 7.65. The number of ether oxygens (including phenoxy) is 1. The first-order chi connectivity index (χ1) is 9.14. The van der Waals surface area contributed by atoms with Crippen LogP contribution in [0.5, 0.6) is 5.75 Å². The maximum absolute atomic E-state index is 12.1. The zero-order valence-corrected chi connectivity index (χ0v) is 12.1. The molecular formula is C14H21NO3S. The van der Waals surface area contributed by atoms with Crippen LogP contribution >= 0.6 is 11.3 Å². The van der Waals surface area contributed by atoms with Gasteiger partial charge in [0.1, 0.15) is 10.6 Å². The molecule has 0 saturated heterocycles. The van der Waals surface area contributed by atoms with Crippen molar-refractivity contribution in [2.45, 2.75) is 44.1 Å². The fraction of sp³-hybridized carbons (Fsp3) is 0.643. The summed E-state index contributed by atoms with van der Waals surface area (Å²) in [5.41, 5.74) is -0.739. The van der Waals surface area contributed by atoms with Gasteiger partial charge < -0.3 is 15.2 Å². The Morgan fingerprint density at radius 3 is 2.74 bits per heavy atom. The number of carbonyl (C=O) groups is 1. The number of rotatable bonds is 4. The zero-order chi connectivity index (χ0) is 13.7. The van der Waals surface area contributed by atoms with Gasteiger partial charge in [-0.25, -0.2) is 0 Å². The van der Waals surface area contributed by atoms with E-state index in [0.29, 0.717) is 17.2 Å². The molecule has 0 bridgehead atoms. The molecule has 0 spiro atoms. The molecular weight excluding hydrogens is 262 g/mol. The lowest BCUT2D eigenvalue weighted by Gasteiger charge is -2.26. The van der Waals surface area contributed by atoms with Gasteiger partial charge in [-0.15, -0.1) is 11.3 Å². The third kappa shape index (κ3) is 3.70. The van der Waals surface area contributed by atoms with Crippen LogP contribution in [-0.4, -0.2) is 30.3 Å². The number of carbonyl (C=O) groups excluding carboxylic acids is 1. The summed E-state index contributed by atoms with van der Waals surface area (Å²) in [5.74, 6) is 0.430. The summed E-state index contributed by atoms with van der Waals surface area (Å²) in [6.45, 7) is 0.326. The minimum absolute atomic E-state index is 0.162. The Balaban J connectivity index is 1.92. The largest absolute Gasteiger partial charge is 0.495 e. The molecule has 1 aliphatic carbocycles. The van der Waals surface area contributed by atoms with Crippen molar-refractivity contribution in [3.63, 3.8) is 0 Å². The lowest BCUT2D eigenvalue weighted by atomic mass is 9.94. The van der Waals surface area contributed by atoms with E-state index in [2.05, 4.69) is 5.32 Å². The molecule has 5 heteroatoms. The van der Waals surface area contributed by atoms with Crippen LogP contribution < -0.4 is 10.1 Å². The van der Waals surface area contributed by atoms with E-state index >= 15 is 0 Å². The lowest BCUT2D eigenvalue weighted by molar-refractivity contribution is 0.0246. The number of thiophene rings is 1. The van der Waals surface area contributed by atoms with E-state index in [1.54, 1.807) is 13.2 Å². The zero-order valence-electron chi connectivity index (χ0n) is 11.3. The number of hydrogen-bond donors (Lipinski definition) is 2. The van der Waals surface area contributed by atoms with Crippen molar-refractivity contribution in [2.24, 2.45) is 0 Å². The molecule has 1 fully saturated rings. The number of nitrogens with one attached hydrogen (secondary N) is 1. The Labute approximate surface area is 117 Å². The van der Waals surface area contributed by atoms with Gasteiger partial charge >= 0.3 is 0 Å². The molecule has 0 radical (unpaired) electrons. The van der Waals surface area contributed by atoms with Crippen LogP contribution in [0.1, 0.15) is 48.2 Å². The summed E-state index contributed by atoms with van der Waals surface area (Å²) in [6.07, 6.45) is 5.97. The van der Waals surface area contributed by atoms with Crippen molar-refractivity contribution in [3.05, 3.63) is 16.3 Å². The predicted molar refractivity (Wildman–Crippen MR) is 75.9 cm³/mol. The van der Waals surface area contributed by atoms with E-state index in [-0.39, 0.29) is 5.91 Å². The van der Waals surface area contributed by atoms with Gasteiger partial charge in [0, 0.05) is 6.54 Å². The summed E-state index contributed by atoms with van der Waals surface area (Å²) in [7, 11) is 1.55. The average Bonchev–Trinajstić information content (AvgIpc) is 2.79. The van der Waals surface area contributed by atoms with Gasteiger partial charge in [-0.3, -0.25) is 4.79 Å². The Hall–Kier alpha value is -1.07. The van der Waals surface area contributed by atoms with Gasteiger partial charge in [0.2, 0.25) is 0 Å². The van der Waals surface area contributed by atoms with Crippen LogP contribution in [-0.2, 0) is 0 Å². The molecule has 19 heavy (non-hydrogen) atoms. The first kappa shape index (κ1) is 14.3. The van der Waals surface area contributed by atoms with Crippen LogP contribution in [0.4, 0.5) is 0 Å². The summed E-state index contributed by atoms with van der Waals surface area (Å²) in [6, 6.07) is 1.78. The topological polar surface area (TPSA) is 58.6 Å². The first-order valence-electron chi connectivity index (χ1n) is 6.77. The summed E-state index contributed by atoms with van der Waals surface area (Å²) in [5, 5.41) is 15.1. The van der Waals surface area contributed by atoms with Crippen molar-refractivity contribution in [1.29, 1.82) is 0 Å². The second-order valence-electron chi connectivity index (χ2n) is 5.14. The maximum atomic E-state index is 12.1. The van der Waals surface area contributed by atoms with Gasteiger partial charge in [0.05, 0.1) is 12.7 Å². The molecule has 1 aromatic rings. The van der Waals surface area contributed by atoms with E-state index in [1.807, 2.05) is 5.38 Å². The molecule has 1 saturated carbocycles. The van der Waals surface area contributed by atoms with Crippen LogP contribution in [0.25, 0.3) is 0 Å². The highest BCUT2D eigenvalue weighted by Gasteiger charge is 2.29. The van der Waals surface area contributed by atoms with Gasteiger partial charge in [0.25, 0.3) is 5.91 Å². The quantitative estimate of drug-likeness (QED) is 0.835. The molecule has 2 rings (SSSR count). The Morgan fingerprint density at radius 1 is 1.42 bits per heavy atom. The van der Waals surface area contributed by atoms with Gasteiger partial charge in [0.15, 0.2) is 0 Å². The van der Waals surface area contributed by atoms with Crippen LogP contribution in [0.15, 0.2) is 11.4 Å². The standard InChI is InChI=1S/C14H21NO3S/c1-18-11-6-9-19-12(11)13(16)15-10-14(17)7-4-2-3-5-8-14/h6,9,17H,2-5,7-8,10H2,1H3,(H,15,16). The summed E-state index contributed by atoms with van der Waals surface area (Å²) in [4.78, 5) is 12.6. The maximum Gasteiger partial charge on any atom is 0.265 e.